The number of nitrogens with zero attached hydrogens (tertiary/aromatic N) is 9. The van der Waals surface area contributed by atoms with Gasteiger partial charge in [-0.3, -0.25) is 9.97 Å². The minimum absolute atomic E-state index is 0.424. The average molecular weight is 888 g/mol. The zero-order valence-electron chi connectivity index (χ0n) is 34.7. The van der Waals surface area contributed by atoms with Crippen molar-refractivity contribution in [3.8, 4) is 0 Å². The van der Waals surface area contributed by atoms with E-state index in [1.54, 1.807) is 41.4 Å². The van der Waals surface area contributed by atoms with E-state index < -0.39 is 10.8 Å². The van der Waals surface area contributed by atoms with Crippen LogP contribution in [-0.2, 0) is 10.8 Å². The third-order valence-corrected chi connectivity index (χ3v) is 14.7. The summed E-state index contributed by atoms with van der Waals surface area (Å²) < 4.78 is 1.01. The lowest BCUT2D eigenvalue weighted by Crippen LogP contribution is -2.55. The molecule has 5 aromatic carbocycles. The van der Waals surface area contributed by atoms with E-state index in [9.17, 15) is 0 Å². The van der Waals surface area contributed by atoms with Crippen LogP contribution in [0.25, 0.3) is 65.3 Å². The number of hydrogen-bond acceptors (Lipinski definition) is 11. The molecule has 0 radical (unpaired) electrons. The van der Waals surface area contributed by atoms with E-state index in [-0.39, 0.29) is 0 Å². The van der Waals surface area contributed by atoms with Gasteiger partial charge in [0.1, 0.15) is 21.6 Å². The molecule has 2 unspecified atom stereocenters. The minimum atomic E-state index is -1.48. The van der Waals surface area contributed by atoms with Crippen molar-refractivity contribution >= 4 is 88.0 Å². The Hall–Kier alpha value is -8.39. The van der Waals surface area contributed by atoms with Crippen molar-refractivity contribution < 1.29 is 0 Å². The summed E-state index contributed by atoms with van der Waals surface area (Å²) in [5.74, 6) is 0.424. The molecular formula is C53H33N11S2. The van der Waals surface area contributed by atoms with Crippen molar-refractivity contribution in [1.29, 1.82) is 0 Å². The molecule has 2 N–H and O–H groups in total. The number of thiophene rings is 1. The van der Waals surface area contributed by atoms with Crippen LogP contribution < -0.4 is 0 Å². The highest BCUT2D eigenvalue weighted by molar-refractivity contribution is 7.18. The van der Waals surface area contributed by atoms with Gasteiger partial charge in [0.2, 0.25) is 0 Å². The molecule has 7 heterocycles. The Bertz CT molecular complexity index is 3800. The van der Waals surface area contributed by atoms with Gasteiger partial charge in [-0.2, -0.15) is 15.4 Å². The molecule has 66 heavy (non-hydrogen) atoms. The first-order valence-corrected chi connectivity index (χ1v) is 23.0. The van der Waals surface area contributed by atoms with Crippen molar-refractivity contribution in [3.05, 3.63) is 232 Å². The third kappa shape index (κ3) is 5.50. The van der Waals surface area contributed by atoms with Crippen molar-refractivity contribution in [2.24, 2.45) is 0 Å². The van der Waals surface area contributed by atoms with Crippen LogP contribution in [0.15, 0.2) is 188 Å². The predicted molar refractivity (Wildman–Crippen MR) is 261 cm³/mol. The van der Waals surface area contributed by atoms with E-state index in [4.69, 9.17) is 45.1 Å². The van der Waals surface area contributed by atoms with E-state index >= 15 is 0 Å². The number of rotatable bonds is 8. The Kier molecular flexibility index (Phi) is 8.73. The summed E-state index contributed by atoms with van der Waals surface area (Å²) in [5, 5.41) is 18.9. The number of pyridine rings is 1. The van der Waals surface area contributed by atoms with Crippen LogP contribution >= 0.6 is 22.7 Å². The second-order valence-corrected chi connectivity index (χ2v) is 18.0. The second kappa shape index (κ2) is 15.1. The summed E-state index contributed by atoms with van der Waals surface area (Å²) in [6.45, 7) is 0. The molecular weight excluding hydrogens is 855 g/mol. The summed E-state index contributed by atoms with van der Waals surface area (Å²) >= 11 is 3.28. The van der Waals surface area contributed by atoms with Gasteiger partial charge in [-0.05, 0) is 63.2 Å². The SMILES string of the molecule is c1ccc(C2=C(c3cccs3)C(c3ccc4ccccc4n3)=C(c3ncc4[nH]cnc4n3)C(c3cnccn3)(c3cccc4ccccc34)C2(c2cn[nH]n2)c2nc3ccccc3s2)cc1. The fraction of sp³-hybridized carbons (Fsp3) is 0.0377. The lowest BCUT2D eigenvalue weighted by atomic mass is 9.45. The number of fused-ring (bicyclic) bond motifs is 4. The number of aromatic nitrogens is 11. The van der Waals surface area contributed by atoms with E-state index in [2.05, 4.69) is 137 Å². The predicted octanol–water partition coefficient (Wildman–Crippen LogP) is 11.1. The summed E-state index contributed by atoms with van der Waals surface area (Å²) in [7, 11) is 0. The molecule has 0 amide bonds. The van der Waals surface area contributed by atoms with Crippen LogP contribution in [0.1, 0.15) is 43.9 Å². The third-order valence-electron chi connectivity index (χ3n) is 12.7. The Labute approximate surface area is 384 Å². The van der Waals surface area contributed by atoms with Crippen LogP contribution in [0.4, 0.5) is 0 Å². The van der Waals surface area contributed by atoms with Gasteiger partial charge in [0.15, 0.2) is 11.5 Å². The number of hydrogen-bond donors (Lipinski definition) is 2. The molecule has 312 valence electrons. The van der Waals surface area contributed by atoms with Crippen molar-refractivity contribution in [1.82, 2.24) is 55.3 Å². The summed E-state index contributed by atoms with van der Waals surface area (Å²) in [6, 6.07) is 50.6. The molecule has 13 rings (SSSR count). The second-order valence-electron chi connectivity index (χ2n) is 16.0. The van der Waals surface area contributed by atoms with Crippen molar-refractivity contribution in [2.75, 3.05) is 0 Å². The normalized spacial score (nSPS) is 17.7. The highest BCUT2D eigenvalue weighted by atomic mass is 32.1. The number of thiazole rings is 1. The van der Waals surface area contributed by atoms with Gasteiger partial charge < -0.3 is 4.98 Å². The lowest BCUT2D eigenvalue weighted by molar-refractivity contribution is 0.451. The maximum atomic E-state index is 5.75. The molecule has 2 atom stereocenters. The maximum absolute atomic E-state index is 5.75. The number of allylic oxidation sites excluding steroid dienone is 4. The zero-order valence-corrected chi connectivity index (χ0v) is 36.4. The van der Waals surface area contributed by atoms with Gasteiger partial charge in [-0.15, -0.1) is 22.7 Å². The molecule has 0 fully saturated rings. The topological polar surface area (TPSA) is 148 Å². The van der Waals surface area contributed by atoms with Crippen LogP contribution in [0.3, 0.4) is 0 Å². The molecule has 0 spiro atoms. The van der Waals surface area contributed by atoms with Crippen LogP contribution in [0.5, 0.6) is 0 Å². The first-order chi connectivity index (χ1) is 32.7. The zero-order chi connectivity index (χ0) is 43.7. The molecule has 0 bridgehead atoms. The minimum Gasteiger partial charge on any atom is -0.342 e. The number of imidazole rings is 1. The summed E-state index contributed by atoms with van der Waals surface area (Å²) in [6.07, 6.45) is 10.6. The molecule has 7 aromatic heterocycles. The Balaban J connectivity index is 1.40. The Morgan fingerprint density at radius 3 is 2.23 bits per heavy atom. The molecule has 0 aliphatic heterocycles. The van der Waals surface area contributed by atoms with E-state index in [1.165, 1.54) is 0 Å². The van der Waals surface area contributed by atoms with Gasteiger partial charge in [-0.25, -0.2) is 24.9 Å². The quantitative estimate of drug-likeness (QED) is 0.152. The summed E-state index contributed by atoms with van der Waals surface area (Å²) in [4.78, 5) is 41.5. The highest BCUT2D eigenvalue weighted by Crippen LogP contribution is 2.71. The molecule has 1 aliphatic rings. The number of para-hydroxylation sites is 2. The molecule has 11 nitrogen and oxygen atoms in total. The fourth-order valence-electron chi connectivity index (χ4n) is 10.2. The van der Waals surface area contributed by atoms with E-state index in [0.717, 1.165) is 80.9 Å². The van der Waals surface area contributed by atoms with Gasteiger partial charge in [0.05, 0.1) is 51.3 Å². The average Bonchev–Trinajstić information content (AvgIpc) is 4.25. The molecule has 0 saturated heterocycles. The standard InChI is InChI=1S/C53H33N11S2/c1-2-14-34(15-3-1)47-46(42-22-11-27-65-42)45(39-24-23-33-13-5-7-19-37(33)60-39)48(50-56-28-40-49(62-50)58-31-57-40)52(43-29-54-25-26-55-43,36-18-10-16-32-12-4-6-17-35(32)36)53(47,44-30-59-64-63-44)51-61-38-20-8-9-21-41(38)66-51/h1-31H,(H,59,63,64)(H,56,57,58,62). The highest BCUT2D eigenvalue weighted by Gasteiger charge is 2.68. The lowest BCUT2D eigenvalue weighted by Gasteiger charge is -2.54. The molecule has 1 aliphatic carbocycles. The number of aromatic amines is 2. The Morgan fingerprint density at radius 2 is 1.39 bits per heavy atom. The first kappa shape index (κ1) is 38.1. The molecule has 13 heteroatoms. The van der Waals surface area contributed by atoms with Crippen LogP contribution in [0, 0.1) is 0 Å². The largest absolute Gasteiger partial charge is 0.342 e. The van der Waals surface area contributed by atoms with Gasteiger partial charge in [0.25, 0.3) is 0 Å². The van der Waals surface area contributed by atoms with Gasteiger partial charge >= 0.3 is 0 Å². The molecule has 0 saturated carbocycles. The fourth-order valence-corrected chi connectivity index (χ4v) is 12.2. The van der Waals surface area contributed by atoms with Crippen molar-refractivity contribution in [2.45, 2.75) is 10.8 Å². The number of benzene rings is 5. The van der Waals surface area contributed by atoms with Crippen LogP contribution in [-0.4, -0.2) is 55.3 Å². The summed E-state index contributed by atoms with van der Waals surface area (Å²) in [5.41, 5.74) is 7.15. The van der Waals surface area contributed by atoms with Gasteiger partial charge in [-0.1, -0.05) is 115 Å². The van der Waals surface area contributed by atoms with E-state index in [1.807, 2.05) is 42.9 Å². The first-order valence-electron chi connectivity index (χ1n) is 21.3. The number of H-pyrrole nitrogens is 2. The number of nitrogens with one attached hydrogen (secondary N) is 2. The van der Waals surface area contributed by atoms with Crippen LogP contribution in [0.2, 0.25) is 0 Å². The monoisotopic (exact) mass is 887 g/mol. The van der Waals surface area contributed by atoms with Crippen molar-refractivity contribution in [3.63, 3.8) is 0 Å². The Morgan fingerprint density at radius 1 is 0.561 bits per heavy atom. The van der Waals surface area contributed by atoms with E-state index in [0.29, 0.717) is 28.4 Å². The maximum Gasteiger partial charge on any atom is 0.181 e. The molecule has 12 aromatic rings. The van der Waals surface area contributed by atoms with Gasteiger partial charge in [0, 0.05) is 45.6 Å². The smallest absolute Gasteiger partial charge is 0.181 e.